The number of hydrogen-bond acceptors (Lipinski definition) is 5. The molecular formula is C27H39N3O5S. The minimum Gasteiger partial charge on any atom is -0.497 e. The second-order valence-corrected chi connectivity index (χ2v) is 10.9. The number of nitrogens with zero attached hydrogens (tertiary/aromatic N) is 2. The van der Waals surface area contributed by atoms with Gasteiger partial charge in [0.25, 0.3) is 0 Å². The predicted molar refractivity (Wildman–Crippen MR) is 144 cm³/mol. The van der Waals surface area contributed by atoms with Crippen molar-refractivity contribution in [2.45, 2.75) is 59.5 Å². The van der Waals surface area contributed by atoms with Gasteiger partial charge in [0.15, 0.2) is 0 Å². The molecule has 8 nitrogen and oxygen atoms in total. The number of hydrogen-bond donors (Lipinski definition) is 1. The Bertz CT molecular complexity index is 1130. The van der Waals surface area contributed by atoms with E-state index in [-0.39, 0.29) is 12.5 Å². The molecule has 0 aromatic heterocycles. The summed E-state index contributed by atoms with van der Waals surface area (Å²) in [6, 6.07) is 12.0. The van der Waals surface area contributed by atoms with E-state index in [0.717, 1.165) is 40.1 Å². The van der Waals surface area contributed by atoms with E-state index in [9.17, 15) is 18.0 Å². The molecule has 0 aliphatic carbocycles. The zero-order chi connectivity index (χ0) is 26.9. The van der Waals surface area contributed by atoms with E-state index in [1.54, 1.807) is 25.3 Å². The molecule has 1 atom stereocenters. The normalized spacial score (nSPS) is 12.1. The van der Waals surface area contributed by atoms with Crippen molar-refractivity contribution in [2.75, 3.05) is 30.8 Å². The molecule has 0 aliphatic rings. The molecular weight excluding hydrogens is 478 g/mol. The summed E-state index contributed by atoms with van der Waals surface area (Å²) in [5, 5.41) is 2.92. The molecule has 2 aromatic rings. The fourth-order valence-electron chi connectivity index (χ4n) is 3.94. The molecule has 0 spiro atoms. The number of benzene rings is 2. The molecule has 0 bridgehead atoms. The van der Waals surface area contributed by atoms with E-state index in [1.165, 1.54) is 4.90 Å². The van der Waals surface area contributed by atoms with Crippen LogP contribution in [0.1, 0.15) is 49.8 Å². The Balaban J connectivity index is 2.44. The zero-order valence-electron chi connectivity index (χ0n) is 22.2. The maximum Gasteiger partial charge on any atom is 0.244 e. The van der Waals surface area contributed by atoms with Crippen LogP contribution in [-0.2, 0) is 26.2 Å². The lowest BCUT2D eigenvalue weighted by Crippen LogP contribution is -2.52. The molecule has 2 amide bonds. The topological polar surface area (TPSA) is 96.0 Å². The number of methoxy groups -OCH3 is 1. The fraction of sp³-hybridized carbons (Fsp3) is 0.481. The molecule has 9 heteroatoms. The van der Waals surface area contributed by atoms with Crippen molar-refractivity contribution in [3.8, 4) is 5.75 Å². The number of amides is 2. The average Bonchev–Trinajstić information content (AvgIpc) is 2.83. The highest BCUT2D eigenvalue weighted by atomic mass is 32.2. The lowest BCUT2D eigenvalue weighted by molar-refractivity contribution is -0.140. The van der Waals surface area contributed by atoms with Crippen molar-refractivity contribution in [3.63, 3.8) is 0 Å². The van der Waals surface area contributed by atoms with E-state index in [4.69, 9.17) is 4.74 Å². The van der Waals surface area contributed by atoms with Gasteiger partial charge in [-0.2, -0.15) is 0 Å². The highest BCUT2D eigenvalue weighted by Crippen LogP contribution is 2.25. The number of unbranched alkanes of at least 4 members (excludes halogenated alkanes) is 1. The van der Waals surface area contributed by atoms with E-state index in [0.29, 0.717) is 24.4 Å². The minimum atomic E-state index is -3.77. The lowest BCUT2D eigenvalue weighted by atomic mass is 10.1. The van der Waals surface area contributed by atoms with Gasteiger partial charge in [0, 0.05) is 13.1 Å². The third kappa shape index (κ3) is 7.98. The molecule has 36 heavy (non-hydrogen) atoms. The highest BCUT2D eigenvalue weighted by molar-refractivity contribution is 7.92. The molecule has 2 aromatic carbocycles. The Kier molecular flexibility index (Phi) is 10.8. The smallest absolute Gasteiger partial charge is 0.244 e. The van der Waals surface area contributed by atoms with Gasteiger partial charge in [0.05, 0.1) is 19.1 Å². The summed E-state index contributed by atoms with van der Waals surface area (Å²) in [5.74, 6) is -0.0146. The number of aryl methyl sites for hydroxylation is 2. The van der Waals surface area contributed by atoms with Crippen LogP contribution in [0.25, 0.3) is 0 Å². The molecule has 198 valence electrons. The second kappa shape index (κ2) is 13.3. The fourth-order valence-corrected chi connectivity index (χ4v) is 4.84. The van der Waals surface area contributed by atoms with Gasteiger partial charge in [-0.25, -0.2) is 8.42 Å². The first kappa shape index (κ1) is 29.2. The summed E-state index contributed by atoms with van der Waals surface area (Å²) in [6.07, 6.45) is 3.25. The summed E-state index contributed by atoms with van der Waals surface area (Å²) < 4.78 is 31.9. The Morgan fingerprint density at radius 1 is 1.06 bits per heavy atom. The first-order chi connectivity index (χ1) is 17.0. The molecule has 1 N–H and O–H groups in total. The van der Waals surface area contributed by atoms with Gasteiger partial charge < -0.3 is 15.0 Å². The van der Waals surface area contributed by atoms with Crippen molar-refractivity contribution >= 4 is 27.5 Å². The van der Waals surface area contributed by atoms with Crippen LogP contribution < -0.4 is 14.4 Å². The van der Waals surface area contributed by atoms with Crippen LogP contribution in [0.5, 0.6) is 5.75 Å². The molecule has 1 unspecified atom stereocenters. The van der Waals surface area contributed by atoms with Gasteiger partial charge in [-0.05, 0) is 61.6 Å². The van der Waals surface area contributed by atoms with E-state index >= 15 is 0 Å². The van der Waals surface area contributed by atoms with Gasteiger partial charge >= 0.3 is 0 Å². The molecule has 0 fully saturated rings. The molecule has 2 rings (SSSR count). The van der Waals surface area contributed by atoms with Crippen LogP contribution in [0, 0.1) is 13.8 Å². The lowest BCUT2D eigenvalue weighted by Gasteiger charge is -2.33. The third-order valence-electron chi connectivity index (χ3n) is 6.04. The van der Waals surface area contributed by atoms with Crippen LogP contribution >= 0.6 is 0 Å². The van der Waals surface area contributed by atoms with Crippen LogP contribution in [0.2, 0.25) is 0 Å². The second-order valence-electron chi connectivity index (χ2n) is 9.00. The molecule has 0 saturated heterocycles. The summed E-state index contributed by atoms with van der Waals surface area (Å²) in [5.41, 5.74) is 2.88. The van der Waals surface area contributed by atoms with Crippen molar-refractivity contribution in [2.24, 2.45) is 0 Å². The van der Waals surface area contributed by atoms with Crippen molar-refractivity contribution < 1.29 is 22.7 Å². The first-order valence-electron chi connectivity index (χ1n) is 12.3. The van der Waals surface area contributed by atoms with E-state index in [1.807, 2.05) is 52.0 Å². The number of carbonyl (C=O) groups is 2. The van der Waals surface area contributed by atoms with E-state index in [2.05, 4.69) is 5.32 Å². The highest BCUT2D eigenvalue weighted by Gasteiger charge is 2.32. The van der Waals surface area contributed by atoms with Gasteiger partial charge in [0.1, 0.15) is 18.3 Å². The zero-order valence-corrected chi connectivity index (χ0v) is 23.0. The standard InChI is InChI=1S/C27H39N3O5S/c1-7-9-16-28-27(32)24(8-2)29(18-22-12-14-23(35-5)15-13-22)26(31)19-30(36(6,33)34)25-17-20(3)10-11-21(25)4/h10-15,17,24H,7-9,16,18-19H2,1-6H3,(H,28,32). The van der Waals surface area contributed by atoms with Crippen molar-refractivity contribution in [3.05, 3.63) is 59.2 Å². The monoisotopic (exact) mass is 517 g/mol. The van der Waals surface area contributed by atoms with Crippen LogP contribution in [0.15, 0.2) is 42.5 Å². The van der Waals surface area contributed by atoms with Crippen molar-refractivity contribution in [1.82, 2.24) is 10.2 Å². The largest absolute Gasteiger partial charge is 0.497 e. The quantitative estimate of drug-likeness (QED) is 0.408. The minimum absolute atomic E-state index is 0.160. The van der Waals surface area contributed by atoms with Crippen molar-refractivity contribution in [1.29, 1.82) is 0 Å². The van der Waals surface area contributed by atoms with Crippen LogP contribution in [0.3, 0.4) is 0 Å². The molecule has 0 saturated carbocycles. The average molecular weight is 518 g/mol. The summed E-state index contributed by atoms with van der Waals surface area (Å²) in [6.45, 7) is 7.84. The Morgan fingerprint density at radius 2 is 1.72 bits per heavy atom. The number of sulfonamides is 1. The summed E-state index contributed by atoms with van der Waals surface area (Å²) >= 11 is 0. The predicted octanol–water partition coefficient (Wildman–Crippen LogP) is 3.80. The van der Waals surface area contributed by atoms with Crippen LogP contribution in [0.4, 0.5) is 5.69 Å². The Morgan fingerprint density at radius 3 is 2.28 bits per heavy atom. The number of nitrogens with one attached hydrogen (secondary N) is 1. The maximum atomic E-state index is 13.7. The number of rotatable bonds is 13. The first-order valence-corrected chi connectivity index (χ1v) is 14.1. The van der Waals surface area contributed by atoms with Gasteiger partial charge in [0.2, 0.25) is 21.8 Å². The third-order valence-corrected chi connectivity index (χ3v) is 7.17. The van der Waals surface area contributed by atoms with Gasteiger partial charge in [-0.3, -0.25) is 13.9 Å². The number of carbonyl (C=O) groups excluding carboxylic acids is 2. The van der Waals surface area contributed by atoms with E-state index < -0.39 is 28.5 Å². The molecule has 0 radical (unpaired) electrons. The SMILES string of the molecule is CCCCNC(=O)C(CC)N(Cc1ccc(OC)cc1)C(=O)CN(c1cc(C)ccc1C)S(C)(=O)=O. The van der Waals surface area contributed by atoms with Gasteiger partial charge in [-0.15, -0.1) is 0 Å². The summed E-state index contributed by atoms with van der Waals surface area (Å²) in [7, 11) is -2.19. The summed E-state index contributed by atoms with van der Waals surface area (Å²) in [4.78, 5) is 28.3. The Hall–Kier alpha value is -3.07. The number of anilines is 1. The van der Waals surface area contributed by atoms with Gasteiger partial charge in [-0.1, -0.05) is 44.5 Å². The van der Waals surface area contributed by atoms with Crippen LogP contribution in [-0.4, -0.2) is 57.6 Å². The molecule has 0 heterocycles. The Labute approximate surface area is 215 Å². The number of ether oxygens (including phenoxy) is 1. The maximum absolute atomic E-state index is 13.7. The molecule has 0 aliphatic heterocycles.